The smallest absolute Gasteiger partial charge is 0.277 e. The molecule has 1 amide bonds. The molecule has 11 heteroatoms. The van der Waals surface area contributed by atoms with E-state index in [0.29, 0.717) is 20.8 Å². The van der Waals surface area contributed by atoms with Gasteiger partial charge in [-0.3, -0.25) is 20.2 Å². The van der Waals surface area contributed by atoms with Crippen LogP contribution in [0.2, 0.25) is 5.02 Å². The molecule has 9 nitrogen and oxygen atoms in total. The number of carbonyl (C=O) groups is 1. The molecule has 1 N–H and O–H groups in total. The molecule has 0 aliphatic heterocycles. The first-order valence-corrected chi connectivity index (χ1v) is 9.41. The molecule has 0 saturated carbocycles. The fourth-order valence-corrected chi connectivity index (χ4v) is 3.55. The maximum atomic E-state index is 12.5. The number of hydrogen-bond acceptors (Lipinski definition) is 7. The van der Waals surface area contributed by atoms with Gasteiger partial charge < -0.3 is 0 Å². The molecule has 0 bridgehead atoms. The SMILES string of the molecule is O=C(Nc1nnc(-c2ccccc2Cl)s1)c1ccn(-c2ccc([N+](=O)[O-])cc2)n1. The molecule has 0 aliphatic rings. The molecule has 0 fully saturated rings. The number of nitro groups is 1. The Bertz CT molecular complexity index is 1200. The van der Waals surface area contributed by atoms with Gasteiger partial charge in [-0.15, -0.1) is 10.2 Å². The van der Waals surface area contributed by atoms with Gasteiger partial charge in [0.15, 0.2) is 10.7 Å². The Balaban J connectivity index is 1.49. The standard InChI is InChI=1S/C18H11ClN6O3S/c19-14-4-2-1-3-13(14)17-21-22-18(29-17)20-16(26)15-9-10-24(23-15)11-5-7-12(8-6-11)25(27)28/h1-10H,(H,20,22,26). The van der Waals surface area contributed by atoms with E-state index in [4.69, 9.17) is 11.6 Å². The summed E-state index contributed by atoms with van der Waals surface area (Å²) < 4.78 is 1.45. The van der Waals surface area contributed by atoms with Crippen molar-refractivity contribution in [2.45, 2.75) is 0 Å². The summed E-state index contributed by atoms with van der Waals surface area (Å²) in [5, 5.41) is 27.1. The van der Waals surface area contributed by atoms with Crippen molar-refractivity contribution in [3.8, 4) is 16.3 Å². The minimum Gasteiger partial charge on any atom is -0.295 e. The molecule has 0 atom stereocenters. The molecule has 0 aliphatic carbocycles. The zero-order chi connectivity index (χ0) is 20.4. The second kappa shape index (κ2) is 7.78. The van der Waals surface area contributed by atoms with Gasteiger partial charge in [0.25, 0.3) is 11.6 Å². The van der Waals surface area contributed by atoms with E-state index in [0.717, 1.165) is 5.56 Å². The van der Waals surface area contributed by atoms with Crippen molar-refractivity contribution >= 4 is 39.7 Å². The quantitative estimate of drug-likeness (QED) is 0.377. The fraction of sp³-hybridized carbons (Fsp3) is 0. The molecule has 2 aromatic carbocycles. The molecule has 0 unspecified atom stereocenters. The third-order valence-corrected chi connectivity index (χ3v) is 5.10. The lowest BCUT2D eigenvalue weighted by Crippen LogP contribution is -2.13. The minimum atomic E-state index is -0.481. The fourth-order valence-electron chi connectivity index (χ4n) is 2.49. The highest BCUT2D eigenvalue weighted by Crippen LogP contribution is 2.31. The first kappa shape index (κ1) is 18.7. The van der Waals surface area contributed by atoms with E-state index >= 15 is 0 Å². The minimum absolute atomic E-state index is 0.0236. The summed E-state index contributed by atoms with van der Waals surface area (Å²) in [7, 11) is 0. The van der Waals surface area contributed by atoms with Gasteiger partial charge in [-0.2, -0.15) is 5.10 Å². The molecule has 144 valence electrons. The summed E-state index contributed by atoms with van der Waals surface area (Å²) in [5.74, 6) is -0.451. The molecule has 2 aromatic heterocycles. The predicted molar refractivity (Wildman–Crippen MR) is 109 cm³/mol. The van der Waals surface area contributed by atoms with Gasteiger partial charge in [0, 0.05) is 23.9 Å². The van der Waals surface area contributed by atoms with Crippen LogP contribution < -0.4 is 5.32 Å². The highest BCUT2D eigenvalue weighted by molar-refractivity contribution is 7.18. The topological polar surface area (TPSA) is 116 Å². The second-order valence-electron chi connectivity index (χ2n) is 5.77. The lowest BCUT2D eigenvalue weighted by molar-refractivity contribution is -0.384. The molecule has 2 heterocycles. The van der Waals surface area contributed by atoms with Crippen LogP contribution >= 0.6 is 22.9 Å². The summed E-state index contributed by atoms with van der Waals surface area (Å²) in [6.07, 6.45) is 1.59. The number of non-ortho nitro benzene ring substituents is 1. The Kier molecular flexibility index (Phi) is 5.02. The van der Waals surface area contributed by atoms with Crippen LogP contribution in [-0.4, -0.2) is 30.8 Å². The van der Waals surface area contributed by atoms with E-state index in [1.807, 2.05) is 18.2 Å². The average Bonchev–Trinajstić information content (AvgIpc) is 3.38. The molecule has 4 rings (SSSR count). The van der Waals surface area contributed by atoms with E-state index in [-0.39, 0.29) is 11.4 Å². The van der Waals surface area contributed by atoms with Crippen LogP contribution in [0.4, 0.5) is 10.8 Å². The molecule has 0 radical (unpaired) electrons. The summed E-state index contributed by atoms with van der Waals surface area (Å²) in [5.41, 5.74) is 1.46. The number of hydrogen-bond donors (Lipinski definition) is 1. The van der Waals surface area contributed by atoms with Gasteiger partial charge in [0.05, 0.1) is 15.6 Å². The summed E-state index contributed by atoms with van der Waals surface area (Å²) in [4.78, 5) is 22.7. The number of nitro benzene ring substituents is 1. The number of rotatable bonds is 5. The van der Waals surface area contributed by atoms with Crippen molar-refractivity contribution < 1.29 is 9.72 Å². The highest BCUT2D eigenvalue weighted by atomic mass is 35.5. The third kappa shape index (κ3) is 3.98. The zero-order valence-electron chi connectivity index (χ0n) is 14.5. The van der Waals surface area contributed by atoms with Crippen molar-refractivity contribution in [1.82, 2.24) is 20.0 Å². The second-order valence-corrected chi connectivity index (χ2v) is 7.15. The van der Waals surface area contributed by atoms with E-state index < -0.39 is 10.8 Å². The Morgan fingerprint density at radius 2 is 1.86 bits per heavy atom. The molecular weight excluding hydrogens is 416 g/mol. The number of benzene rings is 2. The van der Waals surface area contributed by atoms with Crippen LogP contribution in [-0.2, 0) is 0 Å². The summed E-state index contributed by atoms with van der Waals surface area (Å²) in [6, 6.07) is 14.6. The molecular formula is C18H11ClN6O3S. The lowest BCUT2D eigenvalue weighted by atomic mass is 10.2. The first-order valence-electron chi connectivity index (χ1n) is 8.21. The van der Waals surface area contributed by atoms with Crippen molar-refractivity contribution in [1.29, 1.82) is 0 Å². The van der Waals surface area contributed by atoms with Crippen molar-refractivity contribution in [2.24, 2.45) is 0 Å². The van der Waals surface area contributed by atoms with Crippen molar-refractivity contribution in [3.05, 3.63) is 81.6 Å². The Morgan fingerprint density at radius 1 is 1.10 bits per heavy atom. The number of nitrogens with zero attached hydrogens (tertiary/aromatic N) is 5. The Hall–Kier alpha value is -3.63. The summed E-state index contributed by atoms with van der Waals surface area (Å²) >= 11 is 7.35. The monoisotopic (exact) mass is 426 g/mol. The number of halogens is 1. The van der Waals surface area contributed by atoms with E-state index in [2.05, 4.69) is 20.6 Å². The van der Waals surface area contributed by atoms with E-state index in [9.17, 15) is 14.9 Å². The number of aromatic nitrogens is 4. The van der Waals surface area contributed by atoms with Crippen molar-refractivity contribution in [2.75, 3.05) is 5.32 Å². The van der Waals surface area contributed by atoms with Crippen LogP contribution in [0.15, 0.2) is 60.8 Å². The Morgan fingerprint density at radius 3 is 2.59 bits per heavy atom. The Labute approximate surface area is 172 Å². The maximum Gasteiger partial charge on any atom is 0.277 e. The van der Waals surface area contributed by atoms with Gasteiger partial charge in [0.2, 0.25) is 5.13 Å². The van der Waals surface area contributed by atoms with Crippen LogP contribution in [0.5, 0.6) is 0 Å². The molecule has 4 aromatic rings. The molecule has 0 spiro atoms. The van der Waals surface area contributed by atoms with E-state index in [1.165, 1.54) is 34.2 Å². The van der Waals surface area contributed by atoms with Crippen molar-refractivity contribution in [3.63, 3.8) is 0 Å². The largest absolute Gasteiger partial charge is 0.295 e. The summed E-state index contributed by atoms with van der Waals surface area (Å²) in [6.45, 7) is 0. The number of carbonyl (C=O) groups excluding carboxylic acids is 1. The third-order valence-electron chi connectivity index (χ3n) is 3.90. The number of nitrogens with one attached hydrogen (secondary N) is 1. The highest BCUT2D eigenvalue weighted by Gasteiger charge is 2.15. The van der Waals surface area contributed by atoms with Gasteiger partial charge >= 0.3 is 0 Å². The maximum absolute atomic E-state index is 12.5. The zero-order valence-corrected chi connectivity index (χ0v) is 16.1. The van der Waals surface area contributed by atoms with Gasteiger partial charge in [-0.1, -0.05) is 41.1 Å². The number of amides is 1. The lowest BCUT2D eigenvalue weighted by Gasteiger charge is -2.01. The predicted octanol–water partition coefficient (Wildman–Crippen LogP) is 4.20. The van der Waals surface area contributed by atoms with E-state index in [1.54, 1.807) is 24.4 Å². The van der Waals surface area contributed by atoms with Crippen LogP contribution in [0.3, 0.4) is 0 Å². The van der Waals surface area contributed by atoms with Gasteiger partial charge in [0.1, 0.15) is 0 Å². The van der Waals surface area contributed by atoms with Crippen LogP contribution in [0, 0.1) is 10.1 Å². The van der Waals surface area contributed by atoms with Gasteiger partial charge in [-0.05, 0) is 24.3 Å². The molecule has 29 heavy (non-hydrogen) atoms. The molecule has 0 saturated heterocycles. The van der Waals surface area contributed by atoms with Crippen LogP contribution in [0.1, 0.15) is 10.5 Å². The van der Waals surface area contributed by atoms with Crippen LogP contribution in [0.25, 0.3) is 16.3 Å². The number of anilines is 1. The average molecular weight is 427 g/mol. The first-order chi connectivity index (χ1) is 14.0. The normalized spacial score (nSPS) is 10.7. The van der Waals surface area contributed by atoms with Gasteiger partial charge in [-0.25, -0.2) is 4.68 Å².